The third-order valence-electron chi connectivity index (χ3n) is 4.14. The van der Waals surface area contributed by atoms with E-state index >= 15 is 0 Å². The topological polar surface area (TPSA) is 154 Å². The van der Waals surface area contributed by atoms with Gasteiger partial charge in [-0.15, -0.1) is 0 Å². The molecule has 0 atom stereocenters. The van der Waals surface area contributed by atoms with Crippen LogP contribution in [-0.2, 0) is 0 Å². The van der Waals surface area contributed by atoms with Crippen molar-refractivity contribution in [2.24, 2.45) is 5.10 Å². The minimum Gasteiger partial charge on any atom is -0.415 e. The summed E-state index contributed by atoms with van der Waals surface area (Å²) in [5.74, 6) is -1.85. The Bertz CT molecular complexity index is 1210. The van der Waals surface area contributed by atoms with Crippen LogP contribution in [0.1, 0.15) is 26.3 Å². The van der Waals surface area contributed by atoms with Crippen LogP contribution >= 0.6 is 0 Å². The molecule has 0 aliphatic heterocycles. The van der Waals surface area contributed by atoms with E-state index in [9.17, 15) is 29.8 Å². The van der Waals surface area contributed by atoms with E-state index in [2.05, 4.69) is 10.5 Å². The smallest absolute Gasteiger partial charge is 0.343 e. The van der Waals surface area contributed by atoms with Gasteiger partial charge in [-0.05, 0) is 30.3 Å². The number of nitro benzene ring substituents is 2. The molecule has 0 aromatic heterocycles. The van der Waals surface area contributed by atoms with Crippen LogP contribution in [0.3, 0.4) is 0 Å². The number of para-hydroxylation sites is 1. The summed E-state index contributed by atoms with van der Waals surface area (Å²) in [5.41, 5.74) is 1.92. The van der Waals surface area contributed by atoms with Crippen LogP contribution in [0, 0.1) is 20.2 Å². The summed E-state index contributed by atoms with van der Waals surface area (Å²) in [7, 11) is 0. The largest absolute Gasteiger partial charge is 0.415 e. The lowest BCUT2D eigenvalue weighted by atomic mass is 10.1. The lowest BCUT2D eigenvalue weighted by Gasteiger charge is -2.08. The first kappa shape index (κ1) is 21.8. The van der Waals surface area contributed by atoms with Crippen LogP contribution in [0.2, 0.25) is 0 Å². The molecule has 0 heterocycles. The molecule has 11 heteroatoms. The quantitative estimate of drug-likeness (QED) is 0.196. The molecule has 0 saturated heterocycles. The van der Waals surface area contributed by atoms with E-state index in [0.717, 1.165) is 24.4 Å². The van der Waals surface area contributed by atoms with Gasteiger partial charge in [0.2, 0.25) is 5.75 Å². The highest BCUT2D eigenvalue weighted by atomic mass is 16.6. The number of nitrogens with one attached hydrogen (secondary N) is 1. The summed E-state index contributed by atoms with van der Waals surface area (Å²) in [6.45, 7) is 0. The molecule has 0 bridgehead atoms. The third kappa shape index (κ3) is 5.16. The second kappa shape index (κ2) is 9.71. The van der Waals surface area contributed by atoms with Gasteiger partial charge in [-0.2, -0.15) is 5.10 Å². The molecule has 3 rings (SSSR count). The molecule has 0 fully saturated rings. The van der Waals surface area contributed by atoms with Crippen molar-refractivity contribution >= 4 is 29.5 Å². The number of nitro groups is 2. The Morgan fingerprint density at radius 3 is 2.16 bits per heavy atom. The molecule has 0 spiro atoms. The van der Waals surface area contributed by atoms with Gasteiger partial charge < -0.3 is 4.74 Å². The molecular weight excluding hydrogens is 420 g/mol. The van der Waals surface area contributed by atoms with E-state index in [0.29, 0.717) is 5.56 Å². The predicted molar refractivity (Wildman–Crippen MR) is 113 cm³/mol. The number of benzene rings is 3. The zero-order valence-electron chi connectivity index (χ0n) is 16.2. The molecule has 1 amide bonds. The van der Waals surface area contributed by atoms with E-state index in [-0.39, 0.29) is 16.8 Å². The van der Waals surface area contributed by atoms with Gasteiger partial charge in [-0.25, -0.2) is 10.2 Å². The van der Waals surface area contributed by atoms with Crippen molar-refractivity contribution in [1.29, 1.82) is 0 Å². The summed E-state index contributed by atoms with van der Waals surface area (Å²) in [4.78, 5) is 45.3. The Labute approximate surface area is 180 Å². The first-order valence-electron chi connectivity index (χ1n) is 8.99. The minimum absolute atomic E-state index is 0.0472. The maximum Gasteiger partial charge on any atom is 0.343 e. The van der Waals surface area contributed by atoms with Crippen LogP contribution in [-0.4, -0.2) is 27.9 Å². The van der Waals surface area contributed by atoms with E-state index in [1.54, 1.807) is 30.3 Å². The number of hydrogen-bond acceptors (Lipinski definition) is 8. The molecule has 11 nitrogen and oxygen atoms in total. The number of rotatable bonds is 7. The fourth-order valence-electron chi connectivity index (χ4n) is 2.58. The van der Waals surface area contributed by atoms with Gasteiger partial charge in [0.05, 0.1) is 21.6 Å². The number of amides is 1. The van der Waals surface area contributed by atoms with Crippen LogP contribution in [0.4, 0.5) is 11.4 Å². The predicted octanol–water partition coefficient (Wildman–Crippen LogP) is 3.49. The van der Waals surface area contributed by atoms with Crippen LogP contribution < -0.4 is 10.2 Å². The Morgan fingerprint density at radius 1 is 0.844 bits per heavy atom. The van der Waals surface area contributed by atoms with Crippen molar-refractivity contribution in [3.05, 3.63) is 110 Å². The van der Waals surface area contributed by atoms with E-state index in [1.807, 2.05) is 0 Å². The molecule has 0 radical (unpaired) electrons. The molecule has 3 aromatic carbocycles. The molecular formula is C21H14N4O7. The number of esters is 1. The number of ether oxygens (including phenoxy) is 1. The number of carbonyl (C=O) groups is 2. The van der Waals surface area contributed by atoms with Gasteiger partial charge in [0.15, 0.2) is 0 Å². The monoisotopic (exact) mass is 434 g/mol. The SMILES string of the molecule is O=C(N/N=C/c1cccc([N+](=O)[O-])c1OC(=O)c1ccc([N+](=O)[O-])cc1)c1ccccc1. The van der Waals surface area contributed by atoms with Crippen LogP contribution in [0.5, 0.6) is 5.75 Å². The molecule has 0 aliphatic carbocycles. The highest BCUT2D eigenvalue weighted by Gasteiger charge is 2.22. The fourth-order valence-corrected chi connectivity index (χ4v) is 2.58. The van der Waals surface area contributed by atoms with Crippen molar-refractivity contribution in [3.63, 3.8) is 0 Å². The second-order valence-electron chi connectivity index (χ2n) is 6.21. The number of nitrogens with zero attached hydrogens (tertiary/aromatic N) is 3. The highest BCUT2D eigenvalue weighted by molar-refractivity contribution is 5.96. The summed E-state index contributed by atoms with van der Waals surface area (Å²) in [5, 5.41) is 25.9. The number of hydrogen-bond donors (Lipinski definition) is 1. The zero-order valence-corrected chi connectivity index (χ0v) is 16.2. The number of hydrazone groups is 1. The standard InChI is InChI=1S/C21H14N4O7/c26-20(14-5-2-1-3-6-14)23-22-13-16-7-4-8-18(25(30)31)19(16)32-21(27)15-9-11-17(12-10-15)24(28)29/h1-13H,(H,23,26)/b22-13+. The minimum atomic E-state index is -0.961. The molecule has 1 N–H and O–H groups in total. The molecule has 160 valence electrons. The molecule has 32 heavy (non-hydrogen) atoms. The first-order valence-corrected chi connectivity index (χ1v) is 8.99. The maximum absolute atomic E-state index is 12.5. The second-order valence-corrected chi connectivity index (χ2v) is 6.21. The zero-order chi connectivity index (χ0) is 23.1. The normalized spacial score (nSPS) is 10.5. The summed E-state index contributed by atoms with van der Waals surface area (Å²) >= 11 is 0. The van der Waals surface area contributed by atoms with Gasteiger partial charge in [0.25, 0.3) is 11.6 Å². The Kier molecular flexibility index (Phi) is 6.61. The van der Waals surface area contributed by atoms with Crippen molar-refractivity contribution in [1.82, 2.24) is 5.43 Å². The van der Waals surface area contributed by atoms with Crippen LogP contribution in [0.15, 0.2) is 77.9 Å². The average molecular weight is 434 g/mol. The van der Waals surface area contributed by atoms with E-state index in [4.69, 9.17) is 4.74 Å². The van der Waals surface area contributed by atoms with Crippen molar-refractivity contribution in [3.8, 4) is 5.75 Å². The van der Waals surface area contributed by atoms with Gasteiger partial charge in [-0.1, -0.05) is 24.3 Å². The lowest BCUT2D eigenvalue weighted by molar-refractivity contribution is -0.385. The van der Waals surface area contributed by atoms with Gasteiger partial charge in [0.1, 0.15) is 0 Å². The molecule has 3 aromatic rings. The van der Waals surface area contributed by atoms with E-state index < -0.39 is 33.2 Å². The van der Waals surface area contributed by atoms with Crippen LogP contribution in [0.25, 0.3) is 0 Å². The van der Waals surface area contributed by atoms with Crippen molar-refractivity contribution in [2.75, 3.05) is 0 Å². The average Bonchev–Trinajstić information content (AvgIpc) is 2.80. The molecule has 0 saturated carbocycles. The molecule has 0 aliphatic rings. The summed E-state index contributed by atoms with van der Waals surface area (Å²) in [6.07, 6.45) is 1.10. The summed E-state index contributed by atoms with van der Waals surface area (Å²) in [6, 6.07) is 16.7. The maximum atomic E-state index is 12.5. The highest BCUT2D eigenvalue weighted by Crippen LogP contribution is 2.31. The fraction of sp³-hybridized carbons (Fsp3) is 0. The Hall–Kier alpha value is -4.93. The van der Waals surface area contributed by atoms with E-state index in [1.165, 1.54) is 24.3 Å². The summed E-state index contributed by atoms with van der Waals surface area (Å²) < 4.78 is 5.21. The van der Waals surface area contributed by atoms with Crippen molar-refractivity contribution < 1.29 is 24.2 Å². The Balaban J connectivity index is 1.84. The van der Waals surface area contributed by atoms with Gasteiger partial charge in [-0.3, -0.25) is 25.0 Å². The first-order chi connectivity index (χ1) is 15.4. The van der Waals surface area contributed by atoms with Gasteiger partial charge in [0, 0.05) is 29.3 Å². The molecule has 0 unspecified atom stereocenters. The Morgan fingerprint density at radius 2 is 1.53 bits per heavy atom. The van der Waals surface area contributed by atoms with Crippen molar-refractivity contribution in [2.45, 2.75) is 0 Å². The lowest BCUT2D eigenvalue weighted by Crippen LogP contribution is -2.17. The number of non-ortho nitro benzene ring substituents is 1. The number of carbonyl (C=O) groups excluding carboxylic acids is 2. The van der Waals surface area contributed by atoms with Gasteiger partial charge >= 0.3 is 11.7 Å². The third-order valence-corrected chi connectivity index (χ3v) is 4.14.